The van der Waals surface area contributed by atoms with Crippen LogP contribution in [0.4, 0.5) is 8.78 Å². The van der Waals surface area contributed by atoms with Gasteiger partial charge in [-0.25, -0.2) is 0 Å². The van der Waals surface area contributed by atoms with E-state index < -0.39 is 17.8 Å². The Morgan fingerprint density at radius 3 is 2.21 bits per heavy atom. The fourth-order valence-corrected chi connectivity index (χ4v) is 0.707. The molecule has 0 aliphatic heterocycles. The van der Waals surface area contributed by atoms with Gasteiger partial charge in [0.1, 0.15) is 0 Å². The molecule has 0 bridgehead atoms. The Kier molecular flexibility index (Phi) is 4.78. The molecule has 0 aliphatic carbocycles. The number of rotatable bonds is 4. The Morgan fingerprint density at radius 1 is 1.36 bits per heavy atom. The SMILES string of the molecule is CC(C)(C)COC(=O)CCC(F)(F)Cl. The zero-order valence-corrected chi connectivity index (χ0v) is 9.33. The molecule has 0 spiro atoms. The topological polar surface area (TPSA) is 26.3 Å². The molecule has 84 valence electrons. The van der Waals surface area contributed by atoms with E-state index in [2.05, 4.69) is 11.6 Å². The average molecular weight is 229 g/mol. The molecule has 0 N–H and O–H groups in total. The van der Waals surface area contributed by atoms with Crippen molar-refractivity contribution in [3.63, 3.8) is 0 Å². The van der Waals surface area contributed by atoms with Crippen molar-refractivity contribution < 1.29 is 18.3 Å². The molecule has 0 amide bonds. The third kappa shape index (κ3) is 9.71. The second kappa shape index (κ2) is 4.91. The Balaban J connectivity index is 3.68. The summed E-state index contributed by atoms with van der Waals surface area (Å²) in [7, 11) is 0. The molecule has 0 radical (unpaired) electrons. The fourth-order valence-electron chi connectivity index (χ4n) is 0.613. The Labute approximate surface area is 87.6 Å². The molecule has 0 heterocycles. The summed E-state index contributed by atoms with van der Waals surface area (Å²) in [6.07, 6.45) is -1.04. The minimum Gasteiger partial charge on any atom is -0.465 e. The molecule has 2 nitrogen and oxygen atoms in total. The summed E-state index contributed by atoms with van der Waals surface area (Å²) in [4.78, 5) is 10.9. The molecule has 5 heteroatoms. The van der Waals surface area contributed by atoms with Crippen molar-refractivity contribution >= 4 is 17.6 Å². The number of hydrogen-bond acceptors (Lipinski definition) is 2. The molecule has 0 aliphatic rings. The summed E-state index contributed by atoms with van der Waals surface area (Å²) in [6.45, 7) is 5.88. The van der Waals surface area contributed by atoms with Gasteiger partial charge in [-0.1, -0.05) is 20.8 Å². The van der Waals surface area contributed by atoms with Crippen molar-refractivity contribution in [3.8, 4) is 0 Å². The Morgan fingerprint density at radius 2 is 1.86 bits per heavy atom. The summed E-state index contributed by atoms with van der Waals surface area (Å²) in [5.74, 6) is -0.639. The lowest BCUT2D eigenvalue weighted by atomic mass is 9.99. The fraction of sp³-hybridized carbons (Fsp3) is 0.889. The van der Waals surface area contributed by atoms with E-state index in [4.69, 9.17) is 4.74 Å². The van der Waals surface area contributed by atoms with Crippen LogP contribution >= 0.6 is 11.6 Å². The molecule has 0 rings (SSSR count). The van der Waals surface area contributed by atoms with Crippen molar-refractivity contribution in [2.45, 2.75) is 39.0 Å². The maximum absolute atomic E-state index is 12.1. The number of carbonyl (C=O) groups is 1. The number of ether oxygens (including phenoxy) is 1. The second-order valence-corrected chi connectivity index (χ2v) is 4.89. The van der Waals surface area contributed by atoms with Gasteiger partial charge < -0.3 is 4.74 Å². The Bertz CT molecular complexity index is 174. The lowest BCUT2D eigenvalue weighted by Gasteiger charge is -2.17. The van der Waals surface area contributed by atoms with Crippen molar-refractivity contribution in [3.05, 3.63) is 0 Å². The van der Waals surface area contributed by atoms with Gasteiger partial charge in [-0.2, -0.15) is 8.78 Å². The van der Waals surface area contributed by atoms with E-state index in [1.165, 1.54) is 0 Å². The van der Waals surface area contributed by atoms with E-state index >= 15 is 0 Å². The maximum Gasteiger partial charge on any atom is 0.322 e. The third-order valence-corrected chi connectivity index (χ3v) is 1.47. The van der Waals surface area contributed by atoms with Crippen LogP contribution in [0.15, 0.2) is 0 Å². The molecule has 14 heavy (non-hydrogen) atoms. The van der Waals surface area contributed by atoms with E-state index in [1.807, 2.05) is 20.8 Å². The molecule has 0 aromatic rings. The number of esters is 1. The molecule has 0 atom stereocenters. The van der Waals surface area contributed by atoms with Gasteiger partial charge in [-0.15, -0.1) is 0 Å². The van der Waals surface area contributed by atoms with Crippen molar-refractivity contribution in [1.29, 1.82) is 0 Å². The van der Waals surface area contributed by atoms with Gasteiger partial charge in [0.15, 0.2) is 0 Å². The standard InChI is InChI=1S/C9H15ClF2O2/c1-8(2,3)6-14-7(13)4-5-9(10,11)12/h4-6H2,1-3H3. The lowest BCUT2D eigenvalue weighted by molar-refractivity contribution is -0.147. The van der Waals surface area contributed by atoms with E-state index in [1.54, 1.807) is 0 Å². The van der Waals surface area contributed by atoms with Crippen molar-refractivity contribution in [2.24, 2.45) is 5.41 Å². The van der Waals surface area contributed by atoms with Crippen LogP contribution in [0.1, 0.15) is 33.6 Å². The predicted molar refractivity (Wildman–Crippen MR) is 50.4 cm³/mol. The van der Waals surface area contributed by atoms with Crippen molar-refractivity contribution in [1.82, 2.24) is 0 Å². The smallest absolute Gasteiger partial charge is 0.322 e. The summed E-state index contributed by atoms with van der Waals surface area (Å²) < 4.78 is 29.0. The predicted octanol–water partition coefficient (Wildman–Crippen LogP) is 3.19. The molecule has 0 saturated heterocycles. The zero-order valence-electron chi connectivity index (χ0n) is 8.57. The zero-order chi connectivity index (χ0) is 11.4. The van der Waals surface area contributed by atoms with Crippen LogP contribution in [0.25, 0.3) is 0 Å². The van der Waals surface area contributed by atoms with Crippen LogP contribution in [0.2, 0.25) is 0 Å². The highest BCUT2D eigenvalue weighted by Crippen LogP contribution is 2.25. The van der Waals surface area contributed by atoms with Gasteiger partial charge in [0.05, 0.1) is 13.0 Å². The monoisotopic (exact) mass is 228 g/mol. The normalized spacial score (nSPS) is 12.7. The summed E-state index contributed by atoms with van der Waals surface area (Å²) in [5, 5.41) is -3.32. The minimum atomic E-state index is -3.32. The van der Waals surface area contributed by atoms with Gasteiger partial charge in [-0.3, -0.25) is 4.79 Å². The average Bonchev–Trinajstić information content (AvgIpc) is 1.94. The van der Waals surface area contributed by atoms with Crippen LogP contribution in [0.3, 0.4) is 0 Å². The first-order chi connectivity index (χ1) is 6.10. The van der Waals surface area contributed by atoms with E-state index in [9.17, 15) is 13.6 Å². The molecule has 0 aromatic carbocycles. The Hall–Kier alpha value is -0.380. The van der Waals surface area contributed by atoms with Crippen LogP contribution < -0.4 is 0 Å². The highest BCUT2D eigenvalue weighted by atomic mass is 35.5. The largest absolute Gasteiger partial charge is 0.465 e. The van der Waals surface area contributed by atoms with Crippen LogP contribution in [-0.4, -0.2) is 18.0 Å². The van der Waals surface area contributed by atoms with Crippen LogP contribution in [-0.2, 0) is 9.53 Å². The number of alkyl halides is 3. The van der Waals surface area contributed by atoms with Gasteiger partial charge in [0.2, 0.25) is 0 Å². The number of hydrogen-bond donors (Lipinski definition) is 0. The van der Waals surface area contributed by atoms with Gasteiger partial charge in [0, 0.05) is 6.42 Å². The van der Waals surface area contributed by atoms with Gasteiger partial charge >= 0.3 is 11.4 Å². The van der Waals surface area contributed by atoms with E-state index in [0.29, 0.717) is 0 Å². The first-order valence-electron chi connectivity index (χ1n) is 4.32. The molecule has 0 fully saturated rings. The molecular formula is C9H15ClF2O2. The van der Waals surface area contributed by atoms with Gasteiger partial charge in [-0.05, 0) is 17.0 Å². The lowest BCUT2D eigenvalue weighted by Crippen LogP contribution is -2.19. The van der Waals surface area contributed by atoms with Crippen molar-refractivity contribution in [2.75, 3.05) is 6.61 Å². The highest BCUT2D eigenvalue weighted by Gasteiger charge is 2.26. The first-order valence-corrected chi connectivity index (χ1v) is 4.70. The molecule has 0 unspecified atom stereocenters. The van der Waals surface area contributed by atoms with Gasteiger partial charge in [0.25, 0.3) is 0 Å². The van der Waals surface area contributed by atoms with Crippen LogP contribution in [0.5, 0.6) is 0 Å². The summed E-state index contributed by atoms with van der Waals surface area (Å²) >= 11 is 4.63. The quantitative estimate of drug-likeness (QED) is 0.546. The number of halogens is 3. The summed E-state index contributed by atoms with van der Waals surface area (Å²) in [5.41, 5.74) is -0.154. The maximum atomic E-state index is 12.1. The summed E-state index contributed by atoms with van der Waals surface area (Å²) in [6, 6.07) is 0. The second-order valence-electron chi connectivity index (χ2n) is 4.34. The highest BCUT2D eigenvalue weighted by molar-refractivity contribution is 6.21. The van der Waals surface area contributed by atoms with E-state index in [0.717, 1.165) is 0 Å². The molecular weight excluding hydrogens is 214 g/mol. The first kappa shape index (κ1) is 13.6. The third-order valence-electron chi connectivity index (χ3n) is 1.28. The number of carbonyl (C=O) groups excluding carboxylic acids is 1. The molecule has 0 aromatic heterocycles. The minimum absolute atomic E-state index is 0.154. The molecule has 0 saturated carbocycles. The van der Waals surface area contributed by atoms with Crippen LogP contribution in [0, 0.1) is 5.41 Å². The van der Waals surface area contributed by atoms with E-state index in [-0.39, 0.29) is 18.4 Å².